The number of rotatable bonds is 5. The predicted octanol–water partition coefficient (Wildman–Crippen LogP) is 4.80. The quantitative estimate of drug-likeness (QED) is 0.711. The molecule has 2 aromatic rings. The van der Waals surface area contributed by atoms with Gasteiger partial charge in [0.1, 0.15) is 0 Å². The van der Waals surface area contributed by atoms with Gasteiger partial charge in [0.2, 0.25) is 0 Å². The van der Waals surface area contributed by atoms with Gasteiger partial charge in [0, 0.05) is 11.5 Å². The molecular formula is C19H22O. The van der Waals surface area contributed by atoms with E-state index < -0.39 is 0 Å². The molecule has 0 amide bonds. The van der Waals surface area contributed by atoms with Gasteiger partial charge in [0.25, 0.3) is 0 Å². The molecule has 0 aliphatic heterocycles. The molecule has 0 spiro atoms. The summed E-state index contributed by atoms with van der Waals surface area (Å²) in [6.45, 7) is 6.22. The summed E-state index contributed by atoms with van der Waals surface area (Å²) in [5.41, 5.74) is 4.35. The highest BCUT2D eigenvalue weighted by molar-refractivity contribution is 6.02. The van der Waals surface area contributed by atoms with E-state index in [2.05, 4.69) is 32.0 Å². The molecule has 0 saturated heterocycles. The van der Waals surface area contributed by atoms with Crippen LogP contribution in [-0.4, -0.2) is 5.78 Å². The minimum Gasteiger partial charge on any atom is -0.293 e. The normalized spacial score (nSPS) is 12.2. The molecule has 0 heterocycles. The first-order chi connectivity index (χ1) is 9.67. The summed E-state index contributed by atoms with van der Waals surface area (Å²) in [7, 11) is 0. The summed E-state index contributed by atoms with van der Waals surface area (Å²) in [6, 6.07) is 16.3. The van der Waals surface area contributed by atoms with Crippen LogP contribution in [0.25, 0.3) is 0 Å². The molecule has 20 heavy (non-hydrogen) atoms. The van der Waals surface area contributed by atoms with E-state index in [4.69, 9.17) is 0 Å². The minimum absolute atomic E-state index is 0.0893. The first kappa shape index (κ1) is 14.5. The lowest BCUT2D eigenvalue weighted by atomic mass is 9.88. The van der Waals surface area contributed by atoms with Crippen LogP contribution in [0.1, 0.15) is 53.7 Å². The molecule has 0 N–H and O–H groups in total. The van der Waals surface area contributed by atoms with Crippen LogP contribution in [0.3, 0.4) is 0 Å². The zero-order valence-electron chi connectivity index (χ0n) is 12.5. The predicted molar refractivity (Wildman–Crippen MR) is 84.4 cm³/mol. The lowest BCUT2D eigenvalue weighted by molar-refractivity contribution is 0.0965. The maximum absolute atomic E-state index is 12.8. The summed E-state index contributed by atoms with van der Waals surface area (Å²) >= 11 is 0. The maximum atomic E-state index is 12.8. The van der Waals surface area contributed by atoms with Crippen LogP contribution in [0.5, 0.6) is 0 Å². The molecule has 1 atom stereocenters. The molecule has 0 aliphatic carbocycles. The van der Waals surface area contributed by atoms with E-state index in [1.54, 1.807) is 0 Å². The van der Waals surface area contributed by atoms with E-state index in [1.165, 1.54) is 5.56 Å². The molecule has 1 nitrogen and oxygen atoms in total. The Morgan fingerprint density at radius 3 is 2.30 bits per heavy atom. The highest BCUT2D eigenvalue weighted by Gasteiger charge is 2.19. The summed E-state index contributed by atoms with van der Waals surface area (Å²) < 4.78 is 0. The summed E-state index contributed by atoms with van der Waals surface area (Å²) in [6.07, 6.45) is 1.86. The lowest BCUT2D eigenvalue weighted by Gasteiger charge is -2.14. The monoisotopic (exact) mass is 266 g/mol. The van der Waals surface area contributed by atoms with Gasteiger partial charge in [-0.3, -0.25) is 4.79 Å². The van der Waals surface area contributed by atoms with Gasteiger partial charge >= 0.3 is 0 Å². The molecule has 1 heteroatoms. The largest absolute Gasteiger partial charge is 0.293 e. The average molecular weight is 266 g/mol. The van der Waals surface area contributed by atoms with Crippen LogP contribution < -0.4 is 0 Å². The second-order valence-corrected chi connectivity index (χ2v) is 5.20. The molecule has 0 fully saturated rings. The van der Waals surface area contributed by atoms with Crippen LogP contribution in [0.2, 0.25) is 0 Å². The van der Waals surface area contributed by atoms with E-state index in [-0.39, 0.29) is 11.7 Å². The number of carbonyl (C=O) groups excluding carboxylic acids is 1. The zero-order chi connectivity index (χ0) is 14.5. The first-order valence-corrected chi connectivity index (χ1v) is 7.38. The van der Waals surface area contributed by atoms with Crippen LogP contribution in [0.15, 0.2) is 48.5 Å². The third kappa shape index (κ3) is 2.98. The fraction of sp³-hybridized carbons (Fsp3) is 0.316. The number of ketones is 1. The molecule has 0 aromatic heterocycles. The van der Waals surface area contributed by atoms with Gasteiger partial charge in [-0.25, -0.2) is 0 Å². The van der Waals surface area contributed by atoms with Crippen molar-refractivity contribution in [1.29, 1.82) is 0 Å². The van der Waals surface area contributed by atoms with Gasteiger partial charge < -0.3 is 0 Å². The summed E-state index contributed by atoms with van der Waals surface area (Å²) in [5, 5.41) is 0. The first-order valence-electron chi connectivity index (χ1n) is 7.38. The molecule has 0 saturated carbocycles. The number of hydrogen-bond donors (Lipinski definition) is 0. The van der Waals surface area contributed by atoms with Crippen LogP contribution >= 0.6 is 0 Å². The molecule has 0 bridgehead atoms. The highest BCUT2D eigenvalue weighted by atomic mass is 16.1. The molecular weight excluding hydrogens is 244 g/mol. The van der Waals surface area contributed by atoms with Crippen LogP contribution in [0, 0.1) is 0 Å². The average Bonchev–Trinajstić information content (AvgIpc) is 2.53. The standard InChI is InChI=1S/C19H22O/c1-4-15-11-12-16(5-2)18(13-15)19(20)14(3)17-9-7-6-8-10-17/h6-14H,4-5H2,1-3H3. The Morgan fingerprint density at radius 1 is 1.00 bits per heavy atom. The van der Waals surface area contributed by atoms with Crippen molar-refractivity contribution in [1.82, 2.24) is 0 Å². The number of aryl methyl sites for hydroxylation is 2. The van der Waals surface area contributed by atoms with Crippen molar-refractivity contribution in [2.24, 2.45) is 0 Å². The Kier molecular flexibility index (Phi) is 4.73. The second kappa shape index (κ2) is 6.51. The van der Waals surface area contributed by atoms with Crippen molar-refractivity contribution in [3.8, 4) is 0 Å². The highest BCUT2D eigenvalue weighted by Crippen LogP contribution is 2.24. The van der Waals surface area contributed by atoms with Gasteiger partial charge in [-0.05, 0) is 35.6 Å². The Bertz CT molecular complexity index is 584. The Morgan fingerprint density at radius 2 is 1.70 bits per heavy atom. The smallest absolute Gasteiger partial charge is 0.170 e. The van der Waals surface area contributed by atoms with Crippen molar-refractivity contribution < 1.29 is 4.79 Å². The molecule has 0 radical (unpaired) electrons. The summed E-state index contributed by atoms with van der Waals surface area (Å²) in [5.74, 6) is 0.136. The SMILES string of the molecule is CCc1ccc(CC)c(C(=O)C(C)c2ccccc2)c1. The van der Waals surface area contributed by atoms with Crippen molar-refractivity contribution in [2.45, 2.75) is 39.5 Å². The molecule has 104 valence electrons. The van der Waals surface area contributed by atoms with Crippen LogP contribution in [-0.2, 0) is 12.8 Å². The minimum atomic E-state index is -0.0893. The van der Waals surface area contributed by atoms with Crippen LogP contribution in [0.4, 0.5) is 0 Å². The fourth-order valence-corrected chi connectivity index (χ4v) is 2.51. The molecule has 2 rings (SSSR count). The maximum Gasteiger partial charge on any atom is 0.170 e. The van der Waals surface area contributed by atoms with E-state index in [9.17, 15) is 4.79 Å². The zero-order valence-corrected chi connectivity index (χ0v) is 12.5. The third-order valence-electron chi connectivity index (χ3n) is 3.92. The number of benzene rings is 2. The number of Topliss-reactive ketones (excluding diaryl/α,β-unsaturated/α-hetero) is 1. The number of carbonyl (C=O) groups is 1. The Hall–Kier alpha value is -1.89. The second-order valence-electron chi connectivity index (χ2n) is 5.20. The third-order valence-corrected chi connectivity index (χ3v) is 3.92. The fourth-order valence-electron chi connectivity index (χ4n) is 2.51. The van der Waals surface area contributed by atoms with Crippen molar-refractivity contribution in [3.63, 3.8) is 0 Å². The van der Waals surface area contributed by atoms with Gasteiger partial charge in [0.05, 0.1) is 0 Å². The lowest BCUT2D eigenvalue weighted by Crippen LogP contribution is -2.12. The van der Waals surface area contributed by atoms with Gasteiger partial charge in [0.15, 0.2) is 5.78 Å². The number of hydrogen-bond acceptors (Lipinski definition) is 1. The van der Waals surface area contributed by atoms with E-state index >= 15 is 0 Å². The molecule has 1 unspecified atom stereocenters. The van der Waals surface area contributed by atoms with Gasteiger partial charge in [-0.15, -0.1) is 0 Å². The Labute approximate surface area is 121 Å². The van der Waals surface area contributed by atoms with Gasteiger partial charge in [-0.1, -0.05) is 63.2 Å². The van der Waals surface area contributed by atoms with Crippen molar-refractivity contribution >= 4 is 5.78 Å². The van der Waals surface area contributed by atoms with Crippen molar-refractivity contribution in [2.75, 3.05) is 0 Å². The topological polar surface area (TPSA) is 17.1 Å². The van der Waals surface area contributed by atoms with Crippen molar-refractivity contribution in [3.05, 3.63) is 70.8 Å². The van der Waals surface area contributed by atoms with E-state index in [0.717, 1.165) is 29.5 Å². The van der Waals surface area contributed by atoms with E-state index in [1.807, 2.05) is 37.3 Å². The molecule has 0 aliphatic rings. The summed E-state index contributed by atoms with van der Waals surface area (Å²) in [4.78, 5) is 12.8. The van der Waals surface area contributed by atoms with Gasteiger partial charge in [-0.2, -0.15) is 0 Å². The molecule has 2 aromatic carbocycles. The van der Waals surface area contributed by atoms with E-state index in [0.29, 0.717) is 0 Å². The Balaban J connectivity index is 2.37.